The first-order valence-corrected chi connectivity index (χ1v) is 11.3. The van der Waals surface area contributed by atoms with Crippen LogP contribution in [0.3, 0.4) is 0 Å². The third-order valence-corrected chi connectivity index (χ3v) is 6.64. The quantitative estimate of drug-likeness (QED) is 0.781. The van der Waals surface area contributed by atoms with Crippen LogP contribution in [0.4, 0.5) is 11.5 Å². The van der Waals surface area contributed by atoms with Crippen LogP contribution in [0.5, 0.6) is 0 Å². The van der Waals surface area contributed by atoms with E-state index in [0.29, 0.717) is 6.04 Å². The molecule has 2 aromatic rings. The number of nitrogens with one attached hydrogen (secondary N) is 1. The molecular weight excluding hydrogens is 374 g/mol. The summed E-state index contributed by atoms with van der Waals surface area (Å²) in [6, 6.07) is 12.8. The Bertz CT molecular complexity index is 813. The molecule has 1 aromatic carbocycles. The molecule has 4 rings (SSSR count). The Morgan fingerprint density at radius 3 is 2.57 bits per heavy atom. The lowest BCUT2D eigenvalue weighted by molar-refractivity contribution is -0.120. The summed E-state index contributed by atoms with van der Waals surface area (Å²) in [5, 5.41) is 11.4. The van der Waals surface area contributed by atoms with Crippen LogP contribution in [0.15, 0.2) is 42.6 Å². The smallest absolute Gasteiger partial charge is 0.227 e. The molecule has 30 heavy (non-hydrogen) atoms. The Kier molecular flexibility index (Phi) is 6.95. The summed E-state index contributed by atoms with van der Waals surface area (Å²) in [5.74, 6) is 1.08. The molecule has 2 aliphatic rings. The average molecular weight is 408 g/mol. The molecule has 0 bridgehead atoms. The van der Waals surface area contributed by atoms with Gasteiger partial charge in [0.15, 0.2) is 5.82 Å². The highest BCUT2D eigenvalue weighted by Gasteiger charge is 2.26. The maximum Gasteiger partial charge on any atom is 0.227 e. The molecule has 2 fully saturated rings. The number of benzene rings is 1. The number of para-hydroxylation sites is 1. The fraction of sp³-hybridized carbons (Fsp3) is 0.542. The average Bonchev–Trinajstić information content (AvgIpc) is 2.81. The number of carbonyl (C=O) groups excluding carboxylic acids is 1. The van der Waals surface area contributed by atoms with Gasteiger partial charge in [-0.15, -0.1) is 5.10 Å². The van der Waals surface area contributed by atoms with Crippen LogP contribution in [-0.4, -0.2) is 47.2 Å². The van der Waals surface area contributed by atoms with Crippen molar-refractivity contribution in [1.29, 1.82) is 0 Å². The van der Waals surface area contributed by atoms with E-state index in [-0.39, 0.29) is 11.8 Å². The first-order valence-electron chi connectivity index (χ1n) is 11.3. The van der Waals surface area contributed by atoms with E-state index in [1.165, 1.54) is 37.7 Å². The van der Waals surface area contributed by atoms with Crippen molar-refractivity contribution in [2.45, 2.75) is 57.5 Å². The zero-order valence-electron chi connectivity index (χ0n) is 18.0. The van der Waals surface area contributed by atoms with Gasteiger partial charge in [0.05, 0.1) is 0 Å². The molecule has 0 radical (unpaired) electrons. The minimum absolute atomic E-state index is 0.0436. The minimum atomic E-state index is 0.0436. The Labute approximate surface area is 179 Å². The van der Waals surface area contributed by atoms with Gasteiger partial charge in [-0.1, -0.05) is 37.5 Å². The summed E-state index contributed by atoms with van der Waals surface area (Å²) < 4.78 is 0. The first kappa shape index (κ1) is 20.8. The lowest BCUT2D eigenvalue weighted by Crippen LogP contribution is -2.38. The van der Waals surface area contributed by atoms with Gasteiger partial charge in [-0.2, -0.15) is 5.10 Å². The lowest BCUT2D eigenvalue weighted by Gasteiger charge is -2.32. The van der Waals surface area contributed by atoms with E-state index in [0.717, 1.165) is 44.0 Å². The van der Waals surface area contributed by atoms with Crippen LogP contribution in [0.1, 0.15) is 50.5 Å². The Morgan fingerprint density at radius 2 is 1.83 bits per heavy atom. The largest absolute Gasteiger partial charge is 0.355 e. The predicted molar refractivity (Wildman–Crippen MR) is 120 cm³/mol. The van der Waals surface area contributed by atoms with Gasteiger partial charge in [-0.25, -0.2) is 0 Å². The molecule has 0 spiro atoms. The first-order chi connectivity index (χ1) is 14.7. The van der Waals surface area contributed by atoms with Crippen molar-refractivity contribution < 1.29 is 4.79 Å². The Morgan fingerprint density at radius 1 is 1.07 bits per heavy atom. The summed E-state index contributed by atoms with van der Waals surface area (Å²) in [6.45, 7) is 2.55. The Hall–Kier alpha value is -2.47. The number of hydrogen-bond acceptors (Lipinski definition) is 5. The van der Waals surface area contributed by atoms with Gasteiger partial charge < -0.3 is 10.2 Å². The zero-order valence-corrected chi connectivity index (χ0v) is 18.0. The van der Waals surface area contributed by atoms with Gasteiger partial charge in [0.1, 0.15) is 0 Å². The maximum atomic E-state index is 13.0. The van der Waals surface area contributed by atoms with Crippen molar-refractivity contribution in [1.82, 2.24) is 15.1 Å². The van der Waals surface area contributed by atoms with Crippen molar-refractivity contribution in [2.24, 2.45) is 5.92 Å². The summed E-state index contributed by atoms with van der Waals surface area (Å²) >= 11 is 0. The highest BCUT2D eigenvalue weighted by molar-refractivity contribution is 5.93. The molecule has 0 atom stereocenters. The number of aromatic nitrogens is 2. The molecule has 1 amide bonds. The van der Waals surface area contributed by atoms with Crippen LogP contribution >= 0.6 is 0 Å². The van der Waals surface area contributed by atoms with Crippen molar-refractivity contribution in [3.63, 3.8) is 0 Å². The molecule has 1 aliphatic carbocycles. The summed E-state index contributed by atoms with van der Waals surface area (Å²) in [5.41, 5.74) is 2.16. The minimum Gasteiger partial charge on any atom is -0.355 e. The van der Waals surface area contributed by atoms with E-state index in [1.807, 2.05) is 24.3 Å². The topological polar surface area (TPSA) is 61.4 Å². The second-order valence-corrected chi connectivity index (χ2v) is 8.70. The standard InChI is InChI=1S/C24H33N5O/c1-28(21-9-3-2-4-10-21)18-20-8-5-6-11-22(20)26-24(30)19-13-16-29(17-14-19)23-12-7-15-25-27-23/h5-8,11-12,15,19,21H,2-4,9-10,13-14,16-18H2,1H3,(H,26,30). The lowest BCUT2D eigenvalue weighted by atomic mass is 9.94. The summed E-state index contributed by atoms with van der Waals surface area (Å²) in [4.78, 5) is 17.7. The molecule has 1 N–H and O–H groups in total. The highest BCUT2D eigenvalue weighted by atomic mass is 16.1. The number of nitrogens with zero attached hydrogens (tertiary/aromatic N) is 4. The third kappa shape index (κ3) is 5.17. The fourth-order valence-corrected chi connectivity index (χ4v) is 4.77. The second kappa shape index (κ2) is 10.0. The number of amides is 1. The number of hydrogen-bond donors (Lipinski definition) is 1. The van der Waals surface area contributed by atoms with Gasteiger partial charge in [0.25, 0.3) is 0 Å². The fourth-order valence-electron chi connectivity index (χ4n) is 4.77. The SMILES string of the molecule is CN(Cc1ccccc1NC(=O)C1CCN(c2cccnn2)CC1)C1CCCCC1. The molecule has 6 heteroatoms. The molecule has 1 saturated carbocycles. The van der Waals surface area contributed by atoms with E-state index < -0.39 is 0 Å². The van der Waals surface area contributed by atoms with Crippen molar-refractivity contribution in [3.8, 4) is 0 Å². The van der Waals surface area contributed by atoms with Gasteiger partial charge in [0.2, 0.25) is 5.91 Å². The van der Waals surface area contributed by atoms with Gasteiger partial charge >= 0.3 is 0 Å². The third-order valence-electron chi connectivity index (χ3n) is 6.64. The maximum absolute atomic E-state index is 13.0. The zero-order chi connectivity index (χ0) is 20.8. The molecule has 1 saturated heterocycles. The van der Waals surface area contributed by atoms with Crippen LogP contribution in [0.2, 0.25) is 0 Å². The van der Waals surface area contributed by atoms with Crippen LogP contribution in [0.25, 0.3) is 0 Å². The molecule has 0 unspecified atom stereocenters. The molecule has 1 aliphatic heterocycles. The second-order valence-electron chi connectivity index (χ2n) is 8.70. The van der Waals surface area contributed by atoms with Crippen molar-refractivity contribution >= 4 is 17.4 Å². The number of rotatable bonds is 6. The molecule has 6 nitrogen and oxygen atoms in total. The number of anilines is 2. The summed E-state index contributed by atoms with van der Waals surface area (Å²) in [6.07, 6.45) is 9.98. The van der Waals surface area contributed by atoms with Crippen molar-refractivity contribution in [3.05, 3.63) is 48.2 Å². The monoisotopic (exact) mass is 407 g/mol. The van der Waals surface area contributed by atoms with Gasteiger partial charge in [0, 0.05) is 43.5 Å². The van der Waals surface area contributed by atoms with Gasteiger partial charge in [-0.05, 0) is 56.5 Å². The van der Waals surface area contributed by atoms with E-state index in [2.05, 4.69) is 44.5 Å². The van der Waals surface area contributed by atoms with Crippen molar-refractivity contribution in [2.75, 3.05) is 30.4 Å². The molecule has 1 aromatic heterocycles. The van der Waals surface area contributed by atoms with Crippen LogP contribution in [-0.2, 0) is 11.3 Å². The number of piperidine rings is 1. The number of carbonyl (C=O) groups is 1. The highest BCUT2D eigenvalue weighted by Crippen LogP contribution is 2.26. The normalized spacial score (nSPS) is 18.5. The predicted octanol–water partition coefficient (Wildman–Crippen LogP) is 4.10. The van der Waals surface area contributed by atoms with E-state index in [9.17, 15) is 4.79 Å². The van der Waals surface area contributed by atoms with E-state index in [1.54, 1.807) is 6.20 Å². The molecule has 160 valence electrons. The Balaban J connectivity index is 1.33. The summed E-state index contributed by atoms with van der Waals surface area (Å²) in [7, 11) is 2.22. The van der Waals surface area contributed by atoms with E-state index >= 15 is 0 Å². The van der Waals surface area contributed by atoms with Crippen LogP contribution < -0.4 is 10.2 Å². The van der Waals surface area contributed by atoms with E-state index in [4.69, 9.17) is 0 Å². The van der Waals surface area contributed by atoms with Gasteiger partial charge in [-0.3, -0.25) is 9.69 Å². The van der Waals surface area contributed by atoms with Crippen LogP contribution in [0, 0.1) is 5.92 Å². The molecular formula is C24H33N5O. The molecule has 2 heterocycles.